The molecule has 23 heavy (non-hydrogen) atoms. The van der Waals surface area contributed by atoms with E-state index in [1.807, 2.05) is 0 Å². The van der Waals surface area contributed by atoms with Crippen molar-refractivity contribution in [2.45, 2.75) is 26.6 Å². The summed E-state index contributed by atoms with van der Waals surface area (Å²) in [5, 5.41) is 0. The maximum absolute atomic E-state index is 12.9. The highest BCUT2D eigenvalue weighted by molar-refractivity contribution is 6.02. The highest BCUT2D eigenvalue weighted by Gasteiger charge is 2.51. The van der Waals surface area contributed by atoms with Gasteiger partial charge in [0, 0.05) is 13.1 Å². The maximum atomic E-state index is 12.9. The molecule has 2 rings (SSSR count). The van der Waals surface area contributed by atoms with Crippen molar-refractivity contribution in [2.24, 2.45) is 5.41 Å². The Kier molecular flexibility index (Phi) is 4.37. The molecular weight excluding hydrogens is 316 g/mol. The molecule has 0 N–H and O–H groups in total. The molecule has 8 heteroatoms. The van der Waals surface area contributed by atoms with Gasteiger partial charge < -0.3 is 4.90 Å². The van der Waals surface area contributed by atoms with Crippen molar-refractivity contribution in [3.05, 3.63) is 35.6 Å². The molecule has 126 valence electrons. The van der Waals surface area contributed by atoms with Gasteiger partial charge in [0.1, 0.15) is 12.4 Å². The van der Waals surface area contributed by atoms with Gasteiger partial charge in [0.25, 0.3) is 0 Å². The second-order valence-electron chi connectivity index (χ2n) is 6.13. The van der Waals surface area contributed by atoms with Gasteiger partial charge in [-0.25, -0.2) is 9.18 Å². The molecule has 0 saturated carbocycles. The zero-order valence-corrected chi connectivity index (χ0v) is 12.7. The molecule has 0 atom stereocenters. The van der Waals surface area contributed by atoms with E-state index in [0.717, 1.165) is 18.7 Å². The molecule has 3 amide bonds. The van der Waals surface area contributed by atoms with E-state index < -0.39 is 35.9 Å². The molecule has 0 aromatic heterocycles. The number of urea groups is 1. The maximum Gasteiger partial charge on any atom is 0.395 e. The van der Waals surface area contributed by atoms with Crippen LogP contribution in [0.5, 0.6) is 0 Å². The number of rotatable bonds is 4. The smallest absolute Gasteiger partial charge is 0.311 e. The van der Waals surface area contributed by atoms with Crippen molar-refractivity contribution < 1.29 is 27.2 Å². The lowest BCUT2D eigenvalue weighted by molar-refractivity contribution is -0.214. The van der Waals surface area contributed by atoms with E-state index >= 15 is 0 Å². The Bertz CT molecular complexity index is 611. The lowest BCUT2D eigenvalue weighted by atomic mass is 9.92. The summed E-state index contributed by atoms with van der Waals surface area (Å²) >= 11 is 0. The molecule has 0 bridgehead atoms. The van der Waals surface area contributed by atoms with Crippen LogP contribution in [0.25, 0.3) is 0 Å². The molecule has 1 aromatic carbocycles. The van der Waals surface area contributed by atoms with Gasteiger partial charge in [0.15, 0.2) is 0 Å². The Morgan fingerprint density at radius 2 is 1.65 bits per heavy atom. The molecule has 1 aliphatic heterocycles. The van der Waals surface area contributed by atoms with Crippen LogP contribution in [0.1, 0.15) is 19.4 Å². The molecule has 0 aliphatic carbocycles. The number of amides is 3. The Morgan fingerprint density at radius 3 is 2.17 bits per heavy atom. The lowest BCUT2D eigenvalue weighted by Gasteiger charge is -2.31. The van der Waals surface area contributed by atoms with Crippen LogP contribution in [0, 0.1) is 11.2 Å². The summed E-state index contributed by atoms with van der Waals surface area (Å²) in [5.41, 5.74) is -1.60. The fraction of sp³-hybridized carbons (Fsp3) is 0.467. The molecule has 1 aliphatic rings. The van der Waals surface area contributed by atoms with Gasteiger partial charge in [-0.3, -0.25) is 9.69 Å². The minimum atomic E-state index is -4.53. The van der Waals surface area contributed by atoms with Gasteiger partial charge in [-0.15, -0.1) is 0 Å². The number of alkyl halides is 3. The predicted octanol–water partition coefficient (Wildman–Crippen LogP) is 3.18. The normalized spacial score (nSPS) is 16.4. The van der Waals surface area contributed by atoms with E-state index in [4.69, 9.17) is 0 Å². The molecule has 1 heterocycles. The topological polar surface area (TPSA) is 40.6 Å². The standard InChI is InChI=1S/C15H16F4N2O2/c1-14(2,15(17,18)19)9-21-12(22)8-20(13(21)23)7-10-3-5-11(16)6-4-10/h3-6H,7-9H2,1-2H3. The summed E-state index contributed by atoms with van der Waals surface area (Å²) in [6, 6.07) is 4.56. The molecular formula is C15H16F4N2O2. The lowest BCUT2D eigenvalue weighted by Crippen LogP contribution is -2.46. The predicted molar refractivity (Wildman–Crippen MR) is 73.8 cm³/mol. The molecule has 0 radical (unpaired) electrons. The van der Waals surface area contributed by atoms with Gasteiger partial charge in [-0.05, 0) is 31.5 Å². The monoisotopic (exact) mass is 332 g/mol. The molecule has 4 nitrogen and oxygen atoms in total. The number of carbonyl (C=O) groups is 2. The van der Waals surface area contributed by atoms with Crippen molar-refractivity contribution in [3.8, 4) is 0 Å². The first-order chi connectivity index (χ1) is 10.5. The van der Waals surface area contributed by atoms with Crippen molar-refractivity contribution >= 4 is 11.9 Å². The van der Waals surface area contributed by atoms with Crippen molar-refractivity contribution in [2.75, 3.05) is 13.1 Å². The molecule has 0 unspecified atom stereocenters. The first kappa shape index (κ1) is 17.2. The quantitative estimate of drug-likeness (QED) is 0.628. The molecule has 1 fully saturated rings. The van der Waals surface area contributed by atoms with Crippen LogP contribution in [0.2, 0.25) is 0 Å². The SMILES string of the molecule is CC(C)(CN1C(=O)CN(Cc2ccc(F)cc2)C1=O)C(F)(F)F. The van der Waals surface area contributed by atoms with Crippen LogP contribution < -0.4 is 0 Å². The van der Waals surface area contributed by atoms with Gasteiger partial charge in [-0.2, -0.15) is 13.2 Å². The largest absolute Gasteiger partial charge is 0.395 e. The van der Waals surface area contributed by atoms with Crippen LogP contribution in [-0.4, -0.2) is 41.0 Å². The zero-order chi connectivity index (χ0) is 17.4. The van der Waals surface area contributed by atoms with Gasteiger partial charge >= 0.3 is 12.2 Å². The fourth-order valence-corrected chi connectivity index (χ4v) is 2.17. The number of halogens is 4. The Morgan fingerprint density at radius 1 is 1.09 bits per heavy atom. The van der Waals surface area contributed by atoms with E-state index in [0.29, 0.717) is 10.5 Å². The summed E-state index contributed by atoms with van der Waals surface area (Å²) in [7, 11) is 0. The van der Waals surface area contributed by atoms with E-state index in [1.54, 1.807) is 0 Å². The van der Waals surface area contributed by atoms with Crippen LogP contribution in [0.4, 0.5) is 22.4 Å². The van der Waals surface area contributed by atoms with Crippen molar-refractivity contribution in [1.29, 1.82) is 0 Å². The van der Waals surface area contributed by atoms with Crippen LogP contribution in [-0.2, 0) is 11.3 Å². The summed E-state index contributed by atoms with van der Waals surface area (Å²) < 4.78 is 51.6. The third-order valence-corrected chi connectivity index (χ3v) is 3.74. The van der Waals surface area contributed by atoms with Crippen molar-refractivity contribution in [1.82, 2.24) is 9.80 Å². The molecule has 0 spiro atoms. The number of nitrogens with zero attached hydrogens (tertiary/aromatic N) is 2. The van der Waals surface area contributed by atoms with Gasteiger partial charge in [0.2, 0.25) is 5.91 Å². The van der Waals surface area contributed by atoms with E-state index in [-0.39, 0.29) is 13.1 Å². The third-order valence-electron chi connectivity index (χ3n) is 3.74. The number of hydrogen-bond donors (Lipinski definition) is 0. The summed E-state index contributed by atoms with van der Waals surface area (Å²) in [5.74, 6) is -1.11. The summed E-state index contributed by atoms with van der Waals surface area (Å²) in [4.78, 5) is 25.8. The number of benzene rings is 1. The molecule has 1 saturated heterocycles. The van der Waals surface area contributed by atoms with Gasteiger partial charge in [0.05, 0.1) is 5.41 Å². The first-order valence-corrected chi connectivity index (χ1v) is 6.92. The Labute approximate surface area is 130 Å². The summed E-state index contributed by atoms with van der Waals surface area (Å²) in [6.45, 7) is 0.901. The number of imide groups is 1. The second-order valence-corrected chi connectivity index (χ2v) is 6.13. The van der Waals surface area contributed by atoms with Crippen LogP contribution in [0.15, 0.2) is 24.3 Å². The van der Waals surface area contributed by atoms with Crippen LogP contribution >= 0.6 is 0 Å². The zero-order valence-electron chi connectivity index (χ0n) is 12.7. The fourth-order valence-electron chi connectivity index (χ4n) is 2.17. The summed E-state index contributed by atoms with van der Waals surface area (Å²) in [6.07, 6.45) is -4.53. The average molecular weight is 332 g/mol. The van der Waals surface area contributed by atoms with Gasteiger partial charge in [-0.1, -0.05) is 12.1 Å². The van der Waals surface area contributed by atoms with E-state index in [9.17, 15) is 27.2 Å². The highest BCUT2D eigenvalue weighted by Crippen LogP contribution is 2.38. The van der Waals surface area contributed by atoms with E-state index in [2.05, 4.69) is 0 Å². The highest BCUT2D eigenvalue weighted by atomic mass is 19.4. The average Bonchev–Trinajstić information content (AvgIpc) is 2.67. The van der Waals surface area contributed by atoms with Crippen LogP contribution in [0.3, 0.4) is 0 Å². The Hall–Kier alpha value is -2.12. The second kappa shape index (κ2) is 5.82. The third kappa shape index (κ3) is 3.62. The van der Waals surface area contributed by atoms with Crippen molar-refractivity contribution in [3.63, 3.8) is 0 Å². The minimum absolute atomic E-state index is 0.0355. The minimum Gasteiger partial charge on any atom is -0.311 e. The number of hydrogen-bond acceptors (Lipinski definition) is 2. The Balaban J connectivity index is 2.09. The van der Waals surface area contributed by atoms with E-state index in [1.165, 1.54) is 24.3 Å². The molecule has 1 aromatic rings. The first-order valence-electron chi connectivity index (χ1n) is 6.92. The number of carbonyl (C=O) groups excluding carboxylic acids is 2.